The number of sulfonamides is 1. The number of carbonyl (C=O) groups is 1. The number of nitrogen functional groups attached to an aromatic ring is 1. The van der Waals surface area contributed by atoms with E-state index in [1.807, 2.05) is 0 Å². The molecule has 0 atom stereocenters. The van der Waals surface area contributed by atoms with E-state index in [1.165, 1.54) is 0 Å². The zero-order chi connectivity index (χ0) is 15.6. The van der Waals surface area contributed by atoms with Crippen molar-refractivity contribution in [3.8, 4) is 0 Å². The van der Waals surface area contributed by atoms with Crippen LogP contribution in [0.4, 0.5) is 5.69 Å². The summed E-state index contributed by atoms with van der Waals surface area (Å²) in [5.41, 5.74) is 6.80. The number of nitrogens with zero attached hydrogens (tertiary/aromatic N) is 2. The molecule has 1 fully saturated rings. The second-order valence-electron chi connectivity index (χ2n) is 5.36. The van der Waals surface area contributed by atoms with E-state index < -0.39 is 10.0 Å². The predicted molar refractivity (Wildman–Crippen MR) is 81.3 cm³/mol. The van der Waals surface area contributed by atoms with Crippen LogP contribution in [0.3, 0.4) is 0 Å². The highest BCUT2D eigenvalue weighted by atomic mass is 32.2. The molecule has 1 saturated heterocycles. The van der Waals surface area contributed by atoms with Crippen LogP contribution in [0.15, 0.2) is 12.3 Å². The zero-order valence-electron chi connectivity index (χ0n) is 12.4. The first-order chi connectivity index (χ1) is 9.82. The number of piperidine rings is 1. The molecular formula is C13H22N4O3S. The molecule has 1 aliphatic rings. The van der Waals surface area contributed by atoms with E-state index in [2.05, 4.69) is 4.72 Å². The third-order valence-corrected chi connectivity index (χ3v) is 5.21. The molecule has 0 aromatic carbocycles. The van der Waals surface area contributed by atoms with Gasteiger partial charge in [-0.3, -0.25) is 4.79 Å². The molecule has 2 heterocycles. The van der Waals surface area contributed by atoms with Gasteiger partial charge in [-0.1, -0.05) is 0 Å². The number of nitrogens with two attached hydrogens (primary N) is 1. The summed E-state index contributed by atoms with van der Waals surface area (Å²) in [5, 5.41) is 0. The van der Waals surface area contributed by atoms with Crippen molar-refractivity contribution in [3.05, 3.63) is 18.0 Å². The lowest BCUT2D eigenvalue weighted by Gasteiger charge is -2.32. The highest BCUT2D eigenvalue weighted by molar-refractivity contribution is 7.89. The molecule has 3 N–H and O–H groups in total. The van der Waals surface area contributed by atoms with Crippen molar-refractivity contribution in [2.24, 2.45) is 7.05 Å². The molecule has 0 bridgehead atoms. The summed E-state index contributed by atoms with van der Waals surface area (Å²) in [6.45, 7) is 2.70. The normalized spacial score (nSPS) is 17.1. The molecule has 0 radical (unpaired) electrons. The Bertz CT molecular complexity index is 615. The van der Waals surface area contributed by atoms with Crippen LogP contribution in [0.25, 0.3) is 0 Å². The van der Waals surface area contributed by atoms with Crippen LogP contribution in [0.5, 0.6) is 0 Å². The number of nitrogens with one attached hydrogen (secondary N) is 1. The van der Waals surface area contributed by atoms with E-state index in [9.17, 15) is 13.2 Å². The molecule has 21 heavy (non-hydrogen) atoms. The summed E-state index contributed by atoms with van der Waals surface area (Å²) >= 11 is 0. The Labute approximate surface area is 125 Å². The average molecular weight is 314 g/mol. The number of hydrogen-bond acceptors (Lipinski definition) is 4. The van der Waals surface area contributed by atoms with Gasteiger partial charge in [0.15, 0.2) is 0 Å². The molecule has 0 spiro atoms. The third-order valence-electron chi connectivity index (χ3n) is 3.75. The highest BCUT2D eigenvalue weighted by Crippen LogP contribution is 2.17. The van der Waals surface area contributed by atoms with Gasteiger partial charge in [0.2, 0.25) is 10.0 Å². The monoisotopic (exact) mass is 314 g/mol. The van der Waals surface area contributed by atoms with Crippen molar-refractivity contribution in [2.75, 3.05) is 24.6 Å². The molecule has 1 aromatic heterocycles. The maximum atomic E-state index is 12.4. The van der Waals surface area contributed by atoms with Crippen molar-refractivity contribution in [2.45, 2.75) is 25.8 Å². The Morgan fingerprint density at radius 3 is 2.52 bits per heavy atom. The molecule has 2 rings (SSSR count). The van der Waals surface area contributed by atoms with Gasteiger partial charge in [0.25, 0.3) is 5.91 Å². The van der Waals surface area contributed by atoms with Crippen molar-refractivity contribution >= 4 is 21.6 Å². The Morgan fingerprint density at radius 2 is 2.05 bits per heavy atom. The van der Waals surface area contributed by atoms with Gasteiger partial charge >= 0.3 is 0 Å². The fourth-order valence-electron chi connectivity index (χ4n) is 2.50. The first-order valence-electron chi connectivity index (χ1n) is 7.03. The lowest BCUT2D eigenvalue weighted by atomic mass is 10.1. The SMILES string of the molecule is CCS(=O)(=O)NC1CCN(C(=O)c2cc(N)cn2C)CC1. The fraction of sp³-hybridized carbons (Fsp3) is 0.615. The van der Waals surface area contributed by atoms with Crippen LogP contribution in [0.2, 0.25) is 0 Å². The number of rotatable bonds is 4. The standard InChI is InChI=1S/C13H22N4O3S/c1-3-21(19,20)15-11-4-6-17(7-5-11)13(18)12-8-10(14)9-16(12)2/h8-9,11,15H,3-7,14H2,1-2H3. The maximum Gasteiger partial charge on any atom is 0.270 e. The summed E-state index contributed by atoms with van der Waals surface area (Å²) in [7, 11) is -1.40. The van der Waals surface area contributed by atoms with Crippen LogP contribution < -0.4 is 10.5 Å². The van der Waals surface area contributed by atoms with Gasteiger partial charge in [-0.15, -0.1) is 0 Å². The Hall–Kier alpha value is -1.54. The van der Waals surface area contributed by atoms with E-state index in [0.717, 1.165) is 0 Å². The molecule has 118 valence electrons. The predicted octanol–water partition coefficient (Wildman–Crippen LogP) is 0.151. The van der Waals surface area contributed by atoms with E-state index in [1.54, 1.807) is 35.7 Å². The van der Waals surface area contributed by atoms with Gasteiger partial charge in [-0.05, 0) is 25.8 Å². The van der Waals surface area contributed by atoms with Crippen molar-refractivity contribution < 1.29 is 13.2 Å². The van der Waals surface area contributed by atoms with Gasteiger partial charge in [-0.25, -0.2) is 13.1 Å². The number of anilines is 1. The summed E-state index contributed by atoms with van der Waals surface area (Å²) in [4.78, 5) is 14.1. The van der Waals surface area contributed by atoms with Crippen LogP contribution >= 0.6 is 0 Å². The van der Waals surface area contributed by atoms with E-state index in [-0.39, 0.29) is 17.7 Å². The first kappa shape index (κ1) is 15.8. The first-order valence-corrected chi connectivity index (χ1v) is 8.68. The van der Waals surface area contributed by atoms with E-state index in [0.29, 0.717) is 37.3 Å². The van der Waals surface area contributed by atoms with Gasteiger partial charge in [0.05, 0.1) is 11.4 Å². The Kier molecular flexibility index (Phi) is 4.58. The zero-order valence-corrected chi connectivity index (χ0v) is 13.2. The van der Waals surface area contributed by atoms with Crippen LogP contribution in [-0.4, -0.2) is 48.7 Å². The van der Waals surface area contributed by atoms with Crippen molar-refractivity contribution in [3.63, 3.8) is 0 Å². The molecule has 1 amide bonds. The second-order valence-corrected chi connectivity index (χ2v) is 7.40. The number of amides is 1. The van der Waals surface area contributed by atoms with Gasteiger partial charge < -0.3 is 15.2 Å². The second kappa shape index (κ2) is 6.07. The van der Waals surface area contributed by atoms with Gasteiger partial charge in [0.1, 0.15) is 5.69 Å². The number of aryl methyl sites for hydroxylation is 1. The largest absolute Gasteiger partial charge is 0.397 e. The van der Waals surface area contributed by atoms with Crippen LogP contribution in [-0.2, 0) is 17.1 Å². The summed E-state index contributed by atoms with van der Waals surface area (Å²) in [6, 6.07) is 1.58. The molecule has 1 aromatic rings. The molecular weight excluding hydrogens is 292 g/mol. The number of likely N-dealkylation sites (tertiary alicyclic amines) is 1. The fourth-order valence-corrected chi connectivity index (χ4v) is 3.41. The molecule has 0 saturated carbocycles. The van der Waals surface area contributed by atoms with Crippen LogP contribution in [0.1, 0.15) is 30.3 Å². The highest BCUT2D eigenvalue weighted by Gasteiger charge is 2.27. The van der Waals surface area contributed by atoms with Gasteiger partial charge in [0, 0.05) is 32.4 Å². The Morgan fingerprint density at radius 1 is 1.43 bits per heavy atom. The smallest absolute Gasteiger partial charge is 0.270 e. The van der Waals surface area contributed by atoms with Gasteiger partial charge in [-0.2, -0.15) is 0 Å². The number of aromatic nitrogens is 1. The minimum Gasteiger partial charge on any atom is -0.397 e. The quantitative estimate of drug-likeness (QED) is 0.826. The maximum absolute atomic E-state index is 12.4. The number of hydrogen-bond donors (Lipinski definition) is 2. The molecule has 0 aliphatic carbocycles. The molecule has 0 unspecified atom stereocenters. The lowest BCUT2D eigenvalue weighted by Crippen LogP contribution is -2.47. The topological polar surface area (TPSA) is 97.4 Å². The summed E-state index contributed by atoms with van der Waals surface area (Å²) in [6.07, 6.45) is 2.96. The van der Waals surface area contributed by atoms with Crippen molar-refractivity contribution in [1.82, 2.24) is 14.2 Å². The van der Waals surface area contributed by atoms with Crippen molar-refractivity contribution in [1.29, 1.82) is 0 Å². The van der Waals surface area contributed by atoms with E-state index >= 15 is 0 Å². The van der Waals surface area contributed by atoms with E-state index in [4.69, 9.17) is 5.73 Å². The summed E-state index contributed by atoms with van der Waals surface area (Å²) in [5.74, 6) is 0.0143. The molecule has 1 aliphatic heterocycles. The third kappa shape index (κ3) is 3.76. The molecule has 7 nitrogen and oxygen atoms in total. The number of carbonyl (C=O) groups excluding carboxylic acids is 1. The minimum atomic E-state index is -3.19. The van der Waals surface area contributed by atoms with Crippen LogP contribution in [0, 0.1) is 0 Å². The minimum absolute atomic E-state index is 0.0639. The Balaban J connectivity index is 1.95. The summed E-state index contributed by atoms with van der Waals surface area (Å²) < 4.78 is 27.5. The molecule has 8 heteroatoms. The average Bonchev–Trinajstić information content (AvgIpc) is 2.77. The lowest BCUT2D eigenvalue weighted by molar-refractivity contribution is 0.0701.